The average molecular weight is 394 g/mol. The number of thioether (sulfide) groups is 1. The van der Waals surface area contributed by atoms with Crippen LogP contribution < -0.4 is 5.56 Å². The van der Waals surface area contributed by atoms with E-state index in [9.17, 15) is 18.0 Å². The lowest BCUT2D eigenvalue weighted by atomic mass is 10.2. The molecule has 0 spiro atoms. The third kappa shape index (κ3) is 3.17. The first-order chi connectivity index (χ1) is 12.4. The Labute approximate surface area is 152 Å². The normalized spacial score (nSPS) is 12.1. The Kier molecular flexibility index (Phi) is 4.16. The quantitative estimate of drug-likeness (QED) is 0.388. The van der Waals surface area contributed by atoms with E-state index in [-0.39, 0.29) is 21.9 Å². The summed E-state index contributed by atoms with van der Waals surface area (Å²) in [6, 6.07) is 7.89. The molecule has 0 aliphatic heterocycles. The van der Waals surface area contributed by atoms with E-state index < -0.39 is 12.0 Å². The van der Waals surface area contributed by atoms with Gasteiger partial charge in [0.15, 0.2) is 4.96 Å². The second-order valence-electron chi connectivity index (χ2n) is 5.30. The van der Waals surface area contributed by atoms with Gasteiger partial charge in [0.1, 0.15) is 5.03 Å². The van der Waals surface area contributed by atoms with Gasteiger partial charge in [-0.1, -0.05) is 30.0 Å². The molecule has 0 atom stereocenters. The number of alkyl halides is 3. The Bertz CT molecular complexity index is 1170. The Morgan fingerprint density at radius 2 is 1.96 bits per heavy atom. The lowest BCUT2D eigenvalue weighted by Crippen LogP contribution is -2.13. The predicted molar refractivity (Wildman–Crippen MR) is 93.4 cm³/mol. The standard InChI is InChI=1S/C16H9F3N4OS2/c17-16(18,19)14-21-11-4-2-1-3-10(11)13(22-14)26-8-9-7-12(24)23-5-6-25-15(23)20-9/h1-7H,8H2. The zero-order chi connectivity index (χ0) is 18.3. The van der Waals surface area contributed by atoms with Crippen LogP contribution in [0.3, 0.4) is 0 Å². The molecular formula is C16H9F3N4OS2. The molecular weight excluding hydrogens is 385 g/mol. The molecule has 5 nitrogen and oxygen atoms in total. The summed E-state index contributed by atoms with van der Waals surface area (Å²) >= 11 is 2.41. The maximum absolute atomic E-state index is 13.1. The van der Waals surface area contributed by atoms with E-state index >= 15 is 0 Å². The van der Waals surface area contributed by atoms with Gasteiger partial charge >= 0.3 is 6.18 Å². The minimum absolute atomic E-state index is 0.205. The van der Waals surface area contributed by atoms with Crippen LogP contribution in [0.4, 0.5) is 13.2 Å². The predicted octanol–water partition coefficient (Wildman–Crippen LogP) is 4.01. The molecule has 10 heteroatoms. The van der Waals surface area contributed by atoms with Crippen molar-refractivity contribution in [3.05, 3.63) is 63.8 Å². The fourth-order valence-electron chi connectivity index (χ4n) is 2.39. The number of hydrogen-bond acceptors (Lipinski definition) is 6. The van der Waals surface area contributed by atoms with Crippen molar-refractivity contribution in [2.45, 2.75) is 17.0 Å². The van der Waals surface area contributed by atoms with Gasteiger partial charge in [0.05, 0.1) is 11.2 Å². The molecule has 0 aliphatic rings. The van der Waals surface area contributed by atoms with Gasteiger partial charge in [0.2, 0.25) is 5.82 Å². The molecule has 132 valence electrons. The van der Waals surface area contributed by atoms with E-state index in [1.54, 1.807) is 29.8 Å². The largest absolute Gasteiger partial charge is 0.451 e. The van der Waals surface area contributed by atoms with Gasteiger partial charge in [0, 0.05) is 28.8 Å². The van der Waals surface area contributed by atoms with Crippen molar-refractivity contribution < 1.29 is 13.2 Å². The van der Waals surface area contributed by atoms with Crippen LogP contribution in [0.2, 0.25) is 0 Å². The first kappa shape index (κ1) is 17.0. The molecule has 0 bridgehead atoms. The van der Waals surface area contributed by atoms with Crippen LogP contribution in [0.1, 0.15) is 11.5 Å². The van der Waals surface area contributed by atoms with Crippen molar-refractivity contribution in [3.8, 4) is 0 Å². The number of benzene rings is 1. The molecule has 0 amide bonds. The van der Waals surface area contributed by atoms with E-state index in [1.165, 1.54) is 27.9 Å². The second-order valence-corrected chi connectivity index (χ2v) is 7.13. The van der Waals surface area contributed by atoms with Gasteiger partial charge < -0.3 is 0 Å². The molecule has 3 aromatic heterocycles. The van der Waals surface area contributed by atoms with Crippen molar-refractivity contribution in [1.29, 1.82) is 0 Å². The molecule has 0 fully saturated rings. The van der Waals surface area contributed by atoms with Gasteiger partial charge in [-0.3, -0.25) is 9.20 Å². The maximum atomic E-state index is 13.1. The molecule has 26 heavy (non-hydrogen) atoms. The average Bonchev–Trinajstić information content (AvgIpc) is 3.08. The Morgan fingerprint density at radius 1 is 1.15 bits per heavy atom. The monoisotopic (exact) mass is 394 g/mol. The summed E-state index contributed by atoms with van der Waals surface area (Å²) in [7, 11) is 0. The first-order valence-electron chi connectivity index (χ1n) is 7.34. The van der Waals surface area contributed by atoms with Crippen molar-refractivity contribution >= 4 is 39.0 Å². The highest BCUT2D eigenvalue weighted by Crippen LogP contribution is 2.33. The molecule has 0 radical (unpaired) electrons. The van der Waals surface area contributed by atoms with E-state index in [0.717, 1.165) is 11.8 Å². The SMILES string of the molecule is O=c1cc(CSc2nc(C(F)(F)F)nc3ccccc23)nc2sccn12. The van der Waals surface area contributed by atoms with Crippen molar-refractivity contribution in [1.82, 2.24) is 19.4 Å². The number of hydrogen-bond donors (Lipinski definition) is 0. The zero-order valence-corrected chi connectivity index (χ0v) is 14.5. The molecule has 0 aliphatic carbocycles. The maximum Gasteiger partial charge on any atom is 0.451 e. The number of nitrogens with zero attached hydrogens (tertiary/aromatic N) is 4. The van der Waals surface area contributed by atoms with E-state index in [2.05, 4.69) is 15.0 Å². The topological polar surface area (TPSA) is 60.2 Å². The van der Waals surface area contributed by atoms with Gasteiger partial charge in [-0.15, -0.1) is 11.3 Å². The molecule has 0 unspecified atom stereocenters. The Morgan fingerprint density at radius 3 is 2.77 bits per heavy atom. The summed E-state index contributed by atoms with van der Waals surface area (Å²) in [5.41, 5.74) is 0.480. The van der Waals surface area contributed by atoms with Gasteiger partial charge in [-0.25, -0.2) is 15.0 Å². The molecule has 1 aromatic carbocycles. The minimum Gasteiger partial charge on any atom is -0.269 e. The molecule has 4 rings (SSSR count). The second kappa shape index (κ2) is 6.36. The number of halogens is 3. The molecule has 4 aromatic rings. The fourth-order valence-corrected chi connectivity index (χ4v) is 4.04. The molecule has 0 saturated heterocycles. The first-order valence-corrected chi connectivity index (χ1v) is 9.21. The Hall–Kier alpha value is -2.46. The third-order valence-electron chi connectivity index (χ3n) is 3.53. The lowest BCUT2D eigenvalue weighted by Gasteiger charge is -2.10. The molecule has 3 heterocycles. The van der Waals surface area contributed by atoms with Crippen molar-refractivity contribution in [2.24, 2.45) is 0 Å². The summed E-state index contributed by atoms with van der Waals surface area (Å²) in [5.74, 6) is -0.956. The number of rotatable bonds is 3. The number of aromatic nitrogens is 4. The fraction of sp³-hybridized carbons (Fsp3) is 0.125. The van der Waals surface area contributed by atoms with Crippen molar-refractivity contribution in [2.75, 3.05) is 0 Å². The summed E-state index contributed by atoms with van der Waals surface area (Å²) in [4.78, 5) is 24.2. The highest BCUT2D eigenvalue weighted by molar-refractivity contribution is 7.98. The van der Waals surface area contributed by atoms with E-state index in [0.29, 0.717) is 16.0 Å². The summed E-state index contributed by atoms with van der Waals surface area (Å²) in [6.07, 6.45) is -3.01. The van der Waals surface area contributed by atoms with Gasteiger partial charge in [-0.05, 0) is 6.07 Å². The van der Waals surface area contributed by atoms with Crippen LogP contribution in [0.25, 0.3) is 15.9 Å². The van der Waals surface area contributed by atoms with Crippen LogP contribution in [0, 0.1) is 0 Å². The van der Waals surface area contributed by atoms with Crippen molar-refractivity contribution in [3.63, 3.8) is 0 Å². The summed E-state index contributed by atoms with van der Waals surface area (Å²) < 4.78 is 40.6. The van der Waals surface area contributed by atoms with Crippen LogP contribution >= 0.6 is 23.1 Å². The van der Waals surface area contributed by atoms with Crippen LogP contribution in [-0.4, -0.2) is 19.4 Å². The number of thiazole rings is 1. The number of fused-ring (bicyclic) bond motifs is 2. The lowest BCUT2D eigenvalue weighted by molar-refractivity contribution is -0.145. The Balaban J connectivity index is 1.72. The summed E-state index contributed by atoms with van der Waals surface area (Å²) in [6.45, 7) is 0. The zero-order valence-electron chi connectivity index (χ0n) is 12.9. The molecule has 0 N–H and O–H groups in total. The minimum atomic E-state index is -4.63. The number of para-hydroxylation sites is 1. The van der Waals surface area contributed by atoms with E-state index in [1.807, 2.05) is 0 Å². The van der Waals surface area contributed by atoms with Gasteiger partial charge in [0.25, 0.3) is 5.56 Å². The van der Waals surface area contributed by atoms with Crippen LogP contribution in [0.5, 0.6) is 0 Å². The van der Waals surface area contributed by atoms with Crippen LogP contribution in [0.15, 0.2) is 51.7 Å². The highest BCUT2D eigenvalue weighted by Gasteiger charge is 2.35. The summed E-state index contributed by atoms with van der Waals surface area (Å²) in [5, 5.41) is 2.48. The van der Waals surface area contributed by atoms with Gasteiger partial charge in [-0.2, -0.15) is 13.2 Å². The van der Waals surface area contributed by atoms with Crippen LogP contribution in [-0.2, 0) is 11.9 Å². The molecule has 0 saturated carbocycles. The van der Waals surface area contributed by atoms with E-state index in [4.69, 9.17) is 0 Å². The smallest absolute Gasteiger partial charge is 0.269 e. The highest BCUT2D eigenvalue weighted by atomic mass is 32.2. The third-order valence-corrected chi connectivity index (χ3v) is 5.32.